The Labute approximate surface area is 146 Å². The van der Waals surface area contributed by atoms with Gasteiger partial charge in [-0.2, -0.15) is 0 Å². The lowest BCUT2D eigenvalue weighted by molar-refractivity contribution is 0.223. The van der Waals surface area contributed by atoms with Crippen molar-refractivity contribution in [2.24, 2.45) is 0 Å². The Bertz CT molecular complexity index is 877. The molecule has 1 atom stereocenters. The second kappa shape index (κ2) is 7.36. The zero-order valence-corrected chi connectivity index (χ0v) is 14.6. The molecular weight excluding hydrogens is 316 g/mol. The van der Waals surface area contributed by atoms with Crippen LogP contribution in [0.4, 0.5) is 11.5 Å². The normalized spacial score (nSPS) is 12.1. The lowest BCUT2D eigenvalue weighted by atomic mass is 10.1. The summed E-state index contributed by atoms with van der Waals surface area (Å²) < 4.78 is 6.07. The first kappa shape index (κ1) is 17.0. The van der Waals surface area contributed by atoms with Gasteiger partial charge < -0.3 is 20.5 Å². The molecule has 0 unspecified atom stereocenters. The minimum Gasteiger partial charge on any atom is -0.508 e. The summed E-state index contributed by atoms with van der Waals surface area (Å²) in [5.41, 5.74) is 2.44. The number of aromatic nitrogens is 2. The van der Waals surface area contributed by atoms with Crippen LogP contribution >= 0.6 is 0 Å². The predicted molar refractivity (Wildman–Crippen MR) is 99.7 cm³/mol. The van der Waals surface area contributed by atoms with Crippen molar-refractivity contribution < 1.29 is 9.84 Å². The number of likely N-dealkylation sites (N-methyl/N-ethyl adjacent to an activating group) is 1. The van der Waals surface area contributed by atoms with Gasteiger partial charge in [-0.15, -0.1) is 0 Å². The topological polar surface area (TPSA) is 79.3 Å². The summed E-state index contributed by atoms with van der Waals surface area (Å²) in [6.07, 6.45) is 1.54. The number of anilines is 2. The van der Waals surface area contributed by atoms with Gasteiger partial charge in [-0.1, -0.05) is 6.07 Å². The summed E-state index contributed by atoms with van der Waals surface area (Å²) in [6.45, 7) is 4.60. The van der Waals surface area contributed by atoms with Gasteiger partial charge in [0.15, 0.2) is 0 Å². The van der Waals surface area contributed by atoms with E-state index in [1.807, 2.05) is 51.2 Å². The number of nitrogens with one attached hydrogen (secondary N) is 2. The molecule has 0 fully saturated rings. The van der Waals surface area contributed by atoms with Gasteiger partial charge in [-0.25, -0.2) is 9.97 Å². The zero-order chi connectivity index (χ0) is 17.8. The summed E-state index contributed by atoms with van der Waals surface area (Å²) in [7, 11) is 1.90. The van der Waals surface area contributed by atoms with Crippen LogP contribution in [0.1, 0.15) is 12.5 Å². The number of aromatic hydroxyl groups is 1. The van der Waals surface area contributed by atoms with E-state index in [9.17, 15) is 5.11 Å². The fourth-order valence-electron chi connectivity index (χ4n) is 2.69. The van der Waals surface area contributed by atoms with Crippen LogP contribution in [0.2, 0.25) is 0 Å². The van der Waals surface area contributed by atoms with Crippen molar-refractivity contribution in [1.29, 1.82) is 0 Å². The Kier molecular flexibility index (Phi) is 5.00. The molecule has 2 aromatic carbocycles. The molecule has 0 aliphatic heterocycles. The van der Waals surface area contributed by atoms with Gasteiger partial charge in [0.1, 0.15) is 29.7 Å². The van der Waals surface area contributed by atoms with Crippen LogP contribution in [0, 0.1) is 6.92 Å². The molecule has 6 heteroatoms. The van der Waals surface area contributed by atoms with E-state index in [-0.39, 0.29) is 11.9 Å². The molecule has 0 aliphatic carbocycles. The third kappa shape index (κ3) is 3.80. The van der Waals surface area contributed by atoms with Crippen molar-refractivity contribution in [1.82, 2.24) is 15.3 Å². The zero-order valence-electron chi connectivity index (χ0n) is 14.6. The summed E-state index contributed by atoms with van der Waals surface area (Å²) in [4.78, 5) is 8.73. The molecule has 0 saturated carbocycles. The van der Waals surface area contributed by atoms with Crippen molar-refractivity contribution in [3.05, 3.63) is 48.3 Å². The number of fused-ring (bicyclic) bond motifs is 1. The molecular formula is C19H22N4O2. The van der Waals surface area contributed by atoms with E-state index < -0.39 is 0 Å². The minimum atomic E-state index is 0.0135. The van der Waals surface area contributed by atoms with Gasteiger partial charge in [-0.05, 0) is 56.8 Å². The number of hydrogen-bond acceptors (Lipinski definition) is 6. The number of aryl methyl sites for hydroxylation is 1. The maximum absolute atomic E-state index is 9.70. The summed E-state index contributed by atoms with van der Waals surface area (Å²) >= 11 is 0. The monoisotopic (exact) mass is 338 g/mol. The second-order valence-electron chi connectivity index (χ2n) is 5.98. The molecule has 25 heavy (non-hydrogen) atoms. The summed E-state index contributed by atoms with van der Waals surface area (Å²) in [5, 5.41) is 16.9. The fraction of sp³-hybridized carbons (Fsp3) is 0.263. The maximum Gasteiger partial charge on any atom is 0.145 e. The molecule has 130 valence electrons. The maximum atomic E-state index is 9.70. The van der Waals surface area contributed by atoms with E-state index in [1.165, 1.54) is 6.33 Å². The molecule has 0 radical (unpaired) electrons. The number of phenolic OH excluding ortho intramolecular Hbond substituents is 1. The van der Waals surface area contributed by atoms with E-state index in [2.05, 4.69) is 20.6 Å². The summed E-state index contributed by atoms with van der Waals surface area (Å²) in [6, 6.07) is 11.1. The lowest BCUT2D eigenvalue weighted by Crippen LogP contribution is -2.26. The Morgan fingerprint density at radius 2 is 2.04 bits per heavy atom. The van der Waals surface area contributed by atoms with E-state index in [0.29, 0.717) is 5.82 Å². The van der Waals surface area contributed by atoms with Crippen LogP contribution in [0.3, 0.4) is 0 Å². The van der Waals surface area contributed by atoms with Crippen LogP contribution < -0.4 is 15.4 Å². The second-order valence-corrected chi connectivity index (χ2v) is 5.98. The smallest absolute Gasteiger partial charge is 0.145 e. The third-order valence-electron chi connectivity index (χ3n) is 3.90. The van der Waals surface area contributed by atoms with E-state index in [0.717, 1.165) is 34.4 Å². The van der Waals surface area contributed by atoms with Crippen LogP contribution in [-0.2, 0) is 0 Å². The quantitative estimate of drug-likeness (QED) is 0.598. The molecule has 3 aromatic rings. The van der Waals surface area contributed by atoms with E-state index in [1.54, 1.807) is 6.07 Å². The number of hydrogen-bond donors (Lipinski definition) is 3. The number of ether oxygens (including phenoxy) is 1. The van der Waals surface area contributed by atoms with Crippen LogP contribution in [-0.4, -0.2) is 34.8 Å². The van der Waals surface area contributed by atoms with Crippen LogP contribution in [0.5, 0.6) is 11.5 Å². The van der Waals surface area contributed by atoms with Gasteiger partial charge in [-0.3, -0.25) is 0 Å². The number of rotatable bonds is 6. The SMILES string of the molecule is CNC[C@@H](C)Oc1cccc2ncnc(Nc3ccc(O)c(C)c3)c12. The van der Waals surface area contributed by atoms with Gasteiger partial charge in [0.25, 0.3) is 0 Å². The average Bonchev–Trinajstić information content (AvgIpc) is 2.59. The van der Waals surface area contributed by atoms with Crippen molar-refractivity contribution in [2.75, 3.05) is 18.9 Å². The first-order valence-corrected chi connectivity index (χ1v) is 8.20. The third-order valence-corrected chi connectivity index (χ3v) is 3.90. The van der Waals surface area contributed by atoms with Crippen molar-refractivity contribution in [2.45, 2.75) is 20.0 Å². The van der Waals surface area contributed by atoms with Crippen LogP contribution in [0.25, 0.3) is 10.9 Å². The molecule has 0 saturated heterocycles. The highest BCUT2D eigenvalue weighted by molar-refractivity contribution is 5.95. The molecule has 0 aliphatic rings. The average molecular weight is 338 g/mol. The number of nitrogens with zero attached hydrogens (tertiary/aromatic N) is 2. The standard InChI is InChI=1S/C19H22N4O2/c1-12-9-14(7-8-16(12)24)23-19-18-15(21-11-22-19)5-4-6-17(18)25-13(2)10-20-3/h4-9,11,13,20,24H,10H2,1-3H3,(H,21,22,23)/t13-/m1/s1. The molecule has 1 heterocycles. The van der Waals surface area contributed by atoms with Gasteiger partial charge in [0.05, 0.1) is 10.9 Å². The largest absolute Gasteiger partial charge is 0.508 e. The molecule has 0 spiro atoms. The molecule has 0 bridgehead atoms. The molecule has 3 rings (SSSR count). The first-order valence-electron chi connectivity index (χ1n) is 8.20. The van der Waals surface area contributed by atoms with E-state index >= 15 is 0 Å². The minimum absolute atomic E-state index is 0.0135. The number of phenols is 1. The molecule has 6 nitrogen and oxygen atoms in total. The van der Waals surface area contributed by atoms with Gasteiger partial charge in [0, 0.05) is 12.2 Å². The van der Waals surface area contributed by atoms with Gasteiger partial charge >= 0.3 is 0 Å². The molecule has 3 N–H and O–H groups in total. The van der Waals surface area contributed by atoms with Crippen molar-refractivity contribution in [3.8, 4) is 11.5 Å². The number of benzene rings is 2. The highest BCUT2D eigenvalue weighted by Crippen LogP contribution is 2.32. The Balaban J connectivity index is 2.01. The Morgan fingerprint density at radius 3 is 2.80 bits per heavy atom. The lowest BCUT2D eigenvalue weighted by Gasteiger charge is -2.17. The predicted octanol–water partition coefficient (Wildman–Crippen LogP) is 3.37. The van der Waals surface area contributed by atoms with Crippen molar-refractivity contribution >= 4 is 22.4 Å². The fourth-order valence-corrected chi connectivity index (χ4v) is 2.69. The van der Waals surface area contributed by atoms with E-state index in [4.69, 9.17) is 4.74 Å². The van der Waals surface area contributed by atoms with Crippen LogP contribution in [0.15, 0.2) is 42.7 Å². The van der Waals surface area contributed by atoms with Crippen molar-refractivity contribution in [3.63, 3.8) is 0 Å². The Morgan fingerprint density at radius 1 is 1.20 bits per heavy atom. The Hall–Kier alpha value is -2.86. The molecule has 0 amide bonds. The summed E-state index contributed by atoms with van der Waals surface area (Å²) in [5.74, 6) is 1.67. The highest BCUT2D eigenvalue weighted by atomic mass is 16.5. The van der Waals surface area contributed by atoms with Gasteiger partial charge in [0.2, 0.25) is 0 Å². The molecule has 1 aromatic heterocycles. The highest BCUT2D eigenvalue weighted by Gasteiger charge is 2.13. The first-order chi connectivity index (χ1) is 12.1.